The monoisotopic (exact) mass is 284 g/mol. The number of piperidine rings is 1. The van der Waals surface area contributed by atoms with Crippen LogP contribution in [0.25, 0.3) is 10.8 Å². The number of carboxylic acid groups (broad SMARTS) is 1. The van der Waals surface area contributed by atoms with Gasteiger partial charge >= 0.3 is 5.97 Å². The number of hydrogen-bond donors (Lipinski definition) is 1. The molecule has 1 saturated heterocycles. The van der Waals surface area contributed by atoms with E-state index in [1.807, 2.05) is 31.5 Å². The molecular weight excluding hydrogens is 264 g/mol. The van der Waals surface area contributed by atoms with Crippen molar-refractivity contribution in [3.05, 3.63) is 42.2 Å². The highest BCUT2D eigenvalue weighted by Crippen LogP contribution is 2.32. The summed E-state index contributed by atoms with van der Waals surface area (Å²) in [6, 6.07) is 8.26. The summed E-state index contributed by atoms with van der Waals surface area (Å²) in [5, 5.41) is 11.7. The Morgan fingerprint density at radius 2 is 2.00 bits per heavy atom. The van der Waals surface area contributed by atoms with Gasteiger partial charge in [-0.15, -0.1) is 0 Å². The average Bonchev–Trinajstić information content (AvgIpc) is 2.50. The van der Waals surface area contributed by atoms with E-state index in [-0.39, 0.29) is 0 Å². The van der Waals surface area contributed by atoms with Crippen molar-refractivity contribution in [3.63, 3.8) is 0 Å². The van der Waals surface area contributed by atoms with Gasteiger partial charge in [0, 0.05) is 24.3 Å². The van der Waals surface area contributed by atoms with Crippen molar-refractivity contribution in [1.29, 1.82) is 0 Å². The lowest BCUT2D eigenvalue weighted by atomic mass is 9.80. The molecule has 1 aromatic carbocycles. The zero-order valence-corrected chi connectivity index (χ0v) is 12.2. The molecule has 0 radical (unpaired) electrons. The van der Waals surface area contributed by atoms with Gasteiger partial charge < -0.3 is 5.11 Å². The SMILES string of the molecule is CC1(C(=O)O)CCN(Cc2cncc3ccccc23)CC1. The Hall–Kier alpha value is -1.94. The first kappa shape index (κ1) is 14.0. The van der Waals surface area contributed by atoms with E-state index in [1.165, 1.54) is 10.9 Å². The van der Waals surface area contributed by atoms with Crippen LogP contribution < -0.4 is 0 Å². The van der Waals surface area contributed by atoms with Gasteiger partial charge in [-0.1, -0.05) is 24.3 Å². The summed E-state index contributed by atoms with van der Waals surface area (Å²) in [6.07, 6.45) is 5.23. The molecule has 1 aliphatic heterocycles. The van der Waals surface area contributed by atoms with Gasteiger partial charge in [-0.25, -0.2) is 0 Å². The first-order valence-corrected chi connectivity index (χ1v) is 7.36. The van der Waals surface area contributed by atoms with Gasteiger partial charge in [0.15, 0.2) is 0 Å². The zero-order chi connectivity index (χ0) is 14.9. The van der Waals surface area contributed by atoms with Crippen LogP contribution in [-0.2, 0) is 11.3 Å². The maximum Gasteiger partial charge on any atom is 0.309 e. The highest BCUT2D eigenvalue weighted by molar-refractivity contribution is 5.84. The minimum absolute atomic E-state index is 0.562. The van der Waals surface area contributed by atoms with Gasteiger partial charge in [0.2, 0.25) is 0 Å². The molecule has 0 saturated carbocycles. The summed E-state index contributed by atoms with van der Waals surface area (Å²) in [7, 11) is 0. The van der Waals surface area contributed by atoms with Crippen LogP contribution in [0.4, 0.5) is 0 Å². The summed E-state index contributed by atoms with van der Waals surface area (Å²) in [4.78, 5) is 17.9. The maximum absolute atomic E-state index is 11.3. The molecule has 1 N–H and O–H groups in total. The fraction of sp³-hybridized carbons (Fsp3) is 0.412. The first-order chi connectivity index (χ1) is 10.1. The van der Waals surface area contributed by atoms with Crippen molar-refractivity contribution in [3.8, 4) is 0 Å². The van der Waals surface area contributed by atoms with Crippen molar-refractivity contribution in [2.75, 3.05) is 13.1 Å². The smallest absolute Gasteiger partial charge is 0.309 e. The third-order valence-electron chi connectivity index (χ3n) is 4.62. The third kappa shape index (κ3) is 2.76. The van der Waals surface area contributed by atoms with Crippen molar-refractivity contribution >= 4 is 16.7 Å². The van der Waals surface area contributed by atoms with E-state index in [1.54, 1.807) is 0 Å². The summed E-state index contributed by atoms with van der Waals surface area (Å²) in [6.45, 7) is 4.34. The topological polar surface area (TPSA) is 53.4 Å². The molecule has 1 fully saturated rings. The molecular formula is C17H20N2O2. The molecule has 0 unspecified atom stereocenters. The first-order valence-electron chi connectivity index (χ1n) is 7.36. The molecule has 1 aromatic heterocycles. The minimum atomic E-state index is -0.672. The van der Waals surface area contributed by atoms with Crippen LogP contribution in [0.15, 0.2) is 36.7 Å². The fourth-order valence-corrected chi connectivity index (χ4v) is 2.96. The Morgan fingerprint density at radius 1 is 1.29 bits per heavy atom. The molecule has 0 atom stereocenters. The largest absolute Gasteiger partial charge is 0.481 e. The Balaban J connectivity index is 1.74. The zero-order valence-electron chi connectivity index (χ0n) is 12.2. The molecule has 0 bridgehead atoms. The number of nitrogens with zero attached hydrogens (tertiary/aromatic N) is 2. The number of carbonyl (C=O) groups is 1. The quantitative estimate of drug-likeness (QED) is 0.941. The van der Waals surface area contributed by atoms with E-state index in [0.29, 0.717) is 12.8 Å². The Bertz CT molecular complexity index is 655. The predicted molar refractivity (Wildman–Crippen MR) is 82.0 cm³/mol. The lowest BCUT2D eigenvalue weighted by Crippen LogP contribution is -2.42. The molecule has 110 valence electrons. The number of hydrogen-bond acceptors (Lipinski definition) is 3. The van der Waals surface area contributed by atoms with Gasteiger partial charge in [-0.3, -0.25) is 14.7 Å². The Kier molecular flexibility index (Phi) is 3.64. The standard InChI is InChI=1S/C17H20N2O2/c1-17(16(20)21)6-8-19(9-7-17)12-14-11-18-10-13-4-2-3-5-15(13)14/h2-5,10-11H,6-9,12H2,1H3,(H,20,21). The summed E-state index contributed by atoms with van der Waals surface area (Å²) < 4.78 is 0. The maximum atomic E-state index is 11.3. The fourth-order valence-electron chi connectivity index (χ4n) is 2.96. The van der Waals surface area contributed by atoms with E-state index >= 15 is 0 Å². The number of aromatic nitrogens is 1. The normalized spacial score (nSPS) is 18.7. The summed E-state index contributed by atoms with van der Waals surface area (Å²) in [5.74, 6) is -0.672. The number of likely N-dealkylation sites (tertiary alicyclic amines) is 1. The molecule has 0 amide bonds. The Labute approximate surface area is 124 Å². The highest BCUT2D eigenvalue weighted by atomic mass is 16.4. The van der Waals surface area contributed by atoms with Gasteiger partial charge in [-0.2, -0.15) is 0 Å². The van der Waals surface area contributed by atoms with Gasteiger partial charge in [-0.05, 0) is 43.8 Å². The number of benzene rings is 1. The third-order valence-corrected chi connectivity index (χ3v) is 4.62. The van der Waals surface area contributed by atoms with Crippen LogP contribution >= 0.6 is 0 Å². The Morgan fingerprint density at radius 3 is 2.71 bits per heavy atom. The summed E-state index contributed by atoms with van der Waals surface area (Å²) in [5.41, 5.74) is 0.653. The second kappa shape index (κ2) is 5.45. The van der Waals surface area contributed by atoms with Crippen molar-refractivity contribution in [2.45, 2.75) is 26.3 Å². The lowest BCUT2D eigenvalue weighted by molar-refractivity contribution is -0.150. The molecule has 4 nitrogen and oxygen atoms in total. The van der Waals surface area contributed by atoms with Crippen LogP contribution in [0.2, 0.25) is 0 Å². The van der Waals surface area contributed by atoms with Gasteiger partial charge in [0.25, 0.3) is 0 Å². The molecule has 4 heteroatoms. The molecule has 3 rings (SSSR count). The van der Waals surface area contributed by atoms with Crippen molar-refractivity contribution in [1.82, 2.24) is 9.88 Å². The number of carboxylic acids is 1. The number of rotatable bonds is 3. The lowest BCUT2D eigenvalue weighted by Gasteiger charge is -2.36. The van der Waals surface area contributed by atoms with Crippen LogP contribution in [0.5, 0.6) is 0 Å². The number of aliphatic carboxylic acids is 1. The van der Waals surface area contributed by atoms with Gasteiger partial charge in [0.05, 0.1) is 5.41 Å². The second-order valence-electron chi connectivity index (χ2n) is 6.16. The van der Waals surface area contributed by atoms with Crippen LogP contribution in [-0.4, -0.2) is 34.0 Å². The predicted octanol–water partition coefficient (Wildman–Crippen LogP) is 2.92. The van der Waals surface area contributed by atoms with Crippen LogP contribution in [0.3, 0.4) is 0 Å². The average molecular weight is 284 g/mol. The molecule has 1 aliphatic rings. The number of pyridine rings is 1. The molecule has 0 spiro atoms. The van der Waals surface area contributed by atoms with E-state index in [2.05, 4.69) is 22.0 Å². The molecule has 21 heavy (non-hydrogen) atoms. The second-order valence-corrected chi connectivity index (χ2v) is 6.16. The van der Waals surface area contributed by atoms with Gasteiger partial charge in [0.1, 0.15) is 0 Å². The van der Waals surface area contributed by atoms with E-state index in [0.717, 1.165) is 25.0 Å². The number of fused-ring (bicyclic) bond motifs is 1. The highest BCUT2D eigenvalue weighted by Gasteiger charge is 2.36. The van der Waals surface area contributed by atoms with Crippen LogP contribution in [0, 0.1) is 5.41 Å². The van der Waals surface area contributed by atoms with Crippen molar-refractivity contribution < 1.29 is 9.90 Å². The van der Waals surface area contributed by atoms with Crippen LogP contribution in [0.1, 0.15) is 25.3 Å². The molecule has 0 aliphatic carbocycles. The van der Waals surface area contributed by atoms with E-state index in [4.69, 9.17) is 0 Å². The van der Waals surface area contributed by atoms with E-state index < -0.39 is 11.4 Å². The summed E-state index contributed by atoms with van der Waals surface area (Å²) >= 11 is 0. The minimum Gasteiger partial charge on any atom is -0.481 e. The van der Waals surface area contributed by atoms with E-state index in [9.17, 15) is 9.90 Å². The molecule has 2 aromatic rings. The molecule has 2 heterocycles. The van der Waals surface area contributed by atoms with Crippen molar-refractivity contribution in [2.24, 2.45) is 5.41 Å².